The number of imide groups is 1. The van der Waals surface area contributed by atoms with E-state index in [0.717, 1.165) is 27.8 Å². The first-order valence-electron chi connectivity index (χ1n) is 10.9. The van der Waals surface area contributed by atoms with Crippen molar-refractivity contribution in [3.05, 3.63) is 75.7 Å². The van der Waals surface area contributed by atoms with E-state index in [0.29, 0.717) is 35.1 Å². The first-order valence-corrected chi connectivity index (χ1v) is 12.1. The number of carbonyl (C=O) groups excluding carboxylic acids is 3. The van der Waals surface area contributed by atoms with E-state index in [9.17, 15) is 14.4 Å². The first kappa shape index (κ1) is 26.4. The summed E-state index contributed by atoms with van der Waals surface area (Å²) < 4.78 is 16.6. The lowest BCUT2D eigenvalue weighted by Crippen LogP contribution is -2.42. The standard InChI is InChI=1S/C26H26ClNO6S/c1-5-7-19-12-18(13-21(32-4)23(19)34-15-17-8-10-20(27)11-9-17)14-22-24(29)28(26(31)35-22)16(3)25(30)33-6-2/h5,8-14,16H,1,6-7,15H2,2-4H3/b22-14+/t16-/m1/s1. The van der Waals surface area contributed by atoms with Crippen LogP contribution in [-0.4, -0.2) is 41.8 Å². The molecular formula is C26H26ClNO6S. The van der Waals surface area contributed by atoms with Crippen molar-refractivity contribution in [3.63, 3.8) is 0 Å². The van der Waals surface area contributed by atoms with E-state index in [1.165, 1.54) is 14.0 Å². The van der Waals surface area contributed by atoms with Crippen LogP contribution >= 0.6 is 23.4 Å². The number of methoxy groups -OCH3 is 1. The molecule has 1 heterocycles. The van der Waals surface area contributed by atoms with Crippen molar-refractivity contribution < 1.29 is 28.6 Å². The zero-order valence-corrected chi connectivity index (χ0v) is 21.3. The summed E-state index contributed by atoms with van der Waals surface area (Å²) in [6.07, 6.45) is 3.83. The van der Waals surface area contributed by atoms with Gasteiger partial charge in [-0.05, 0) is 73.5 Å². The van der Waals surface area contributed by atoms with Crippen molar-refractivity contribution in [3.8, 4) is 11.5 Å². The van der Waals surface area contributed by atoms with E-state index in [-0.39, 0.29) is 11.5 Å². The number of allylic oxidation sites excluding steroid dienone is 1. The summed E-state index contributed by atoms with van der Waals surface area (Å²) in [5.41, 5.74) is 2.39. The third-order valence-corrected chi connectivity index (χ3v) is 6.31. The highest BCUT2D eigenvalue weighted by atomic mass is 35.5. The van der Waals surface area contributed by atoms with Crippen LogP contribution < -0.4 is 9.47 Å². The number of amides is 2. The Labute approximate surface area is 213 Å². The Morgan fingerprint density at radius 3 is 2.57 bits per heavy atom. The molecule has 0 unspecified atom stereocenters. The smallest absolute Gasteiger partial charge is 0.329 e. The molecule has 1 aliphatic heterocycles. The summed E-state index contributed by atoms with van der Waals surface area (Å²) in [5.74, 6) is -0.145. The van der Waals surface area contributed by atoms with Crippen LogP contribution in [0.3, 0.4) is 0 Å². The second kappa shape index (κ2) is 12.0. The summed E-state index contributed by atoms with van der Waals surface area (Å²) in [6.45, 7) is 7.41. The SMILES string of the molecule is C=CCc1cc(/C=C2/SC(=O)N([C@H](C)C(=O)OCC)C2=O)cc(OC)c1OCc1ccc(Cl)cc1. The summed E-state index contributed by atoms with van der Waals surface area (Å²) in [5, 5.41) is 0.118. The number of hydrogen-bond donors (Lipinski definition) is 0. The van der Waals surface area contributed by atoms with E-state index in [1.807, 2.05) is 18.2 Å². The van der Waals surface area contributed by atoms with Crippen LogP contribution in [0.25, 0.3) is 6.08 Å². The first-order chi connectivity index (χ1) is 16.8. The Bertz CT molecular complexity index is 1160. The van der Waals surface area contributed by atoms with Crippen molar-refractivity contribution in [1.29, 1.82) is 0 Å². The number of benzene rings is 2. The molecule has 2 amide bonds. The fourth-order valence-electron chi connectivity index (χ4n) is 3.46. The maximum Gasteiger partial charge on any atom is 0.329 e. The van der Waals surface area contributed by atoms with Crippen molar-refractivity contribution in [2.75, 3.05) is 13.7 Å². The van der Waals surface area contributed by atoms with Crippen LogP contribution in [-0.2, 0) is 27.4 Å². The number of rotatable bonds is 10. The van der Waals surface area contributed by atoms with E-state index in [4.69, 9.17) is 25.8 Å². The van der Waals surface area contributed by atoms with Crippen molar-refractivity contribution in [2.45, 2.75) is 32.9 Å². The fourth-order valence-corrected chi connectivity index (χ4v) is 4.49. The summed E-state index contributed by atoms with van der Waals surface area (Å²) in [6, 6.07) is 9.91. The third-order valence-electron chi connectivity index (χ3n) is 5.17. The molecule has 35 heavy (non-hydrogen) atoms. The number of carbonyl (C=O) groups is 3. The maximum atomic E-state index is 12.9. The largest absolute Gasteiger partial charge is 0.493 e. The van der Waals surface area contributed by atoms with Gasteiger partial charge in [0.25, 0.3) is 11.1 Å². The molecule has 0 aromatic heterocycles. The minimum absolute atomic E-state index is 0.160. The Balaban J connectivity index is 1.89. The molecule has 0 saturated carbocycles. The zero-order chi connectivity index (χ0) is 25.5. The average Bonchev–Trinajstić information content (AvgIpc) is 3.11. The predicted octanol–water partition coefficient (Wildman–Crippen LogP) is 5.64. The minimum atomic E-state index is -1.01. The normalized spacial score (nSPS) is 15.3. The highest BCUT2D eigenvalue weighted by Crippen LogP contribution is 2.38. The van der Waals surface area contributed by atoms with Gasteiger partial charge in [0.15, 0.2) is 11.5 Å². The molecule has 1 atom stereocenters. The Kier molecular flexibility index (Phi) is 9.01. The summed E-state index contributed by atoms with van der Waals surface area (Å²) >= 11 is 6.73. The minimum Gasteiger partial charge on any atom is -0.493 e. The van der Waals surface area contributed by atoms with Crippen LogP contribution in [0.1, 0.15) is 30.5 Å². The zero-order valence-electron chi connectivity index (χ0n) is 19.7. The lowest BCUT2D eigenvalue weighted by molar-refractivity contribution is -0.150. The quantitative estimate of drug-likeness (QED) is 0.230. The summed E-state index contributed by atoms with van der Waals surface area (Å²) in [4.78, 5) is 38.6. The number of nitrogens with zero attached hydrogens (tertiary/aromatic N) is 1. The second-order valence-corrected chi connectivity index (χ2v) is 9.03. The highest BCUT2D eigenvalue weighted by molar-refractivity contribution is 8.18. The van der Waals surface area contributed by atoms with Crippen molar-refractivity contribution >= 4 is 46.6 Å². The molecule has 2 aromatic carbocycles. The van der Waals surface area contributed by atoms with Gasteiger partial charge in [-0.3, -0.25) is 14.5 Å². The molecule has 9 heteroatoms. The molecule has 2 aromatic rings. The number of thioether (sulfide) groups is 1. The number of halogens is 1. The van der Waals surface area contributed by atoms with Gasteiger partial charge in [0, 0.05) is 10.6 Å². The number of hydrogen-bond acceptors (Lipinski definition) is 7. The van der Waals surface area contributed by atoms with Crippen LogP contribution in [0.2, 0.25) is 5.02 Å². The molecule has 3 rings (SSSR count). The van der Waals surface area contributed by atoms with Crippen LogP contribution in [0.4, 0.5) is 4.79 Å². The lowest BCUT2D eigenvalue weighted by atomic mass is 10.0. The average molecular weight is 516 g/mol. The highest BCUT2D eigenvalue weighted by Gasteiger charge is 2.41. The molecule has 1 fully saturated rings. The number of esters is 1. The van der Waals surface area contributed by atoms with Gasteiger partial charge in [-0.2, -0.15) is 0 Å². The Hall–Kier alpha value is -3.23. The lowest BCUT2D eigenvalue weighted by Gasteiger charge is -2.19. The van der Waals surface area contributed by atoms with Gasteiger partial charge in [0.1, 0.15) is 12.6 Å². The van der Waals surface area contributed by atoms with E-state index < -0.39 is 23.2 Å². The molecule has 0 N–H and O–H groups in total. The number of ether oxygens (including phenoxy) is 3. The van der Waals surface area contributed by atoms with Gasteiger partial charge in [-0.25, -0.2) is 4.79 Å². The van der Waals surface area contributed by atoms with Gasteiger partial charge in [0.2, 0.25) is 0 Å². The van der Waals surface area contributed by atoms with E-state index in [1.54, 1.807) is 37.3 Å². The summed E-state index contributed by atoms with van der Waals surface area (Å²) in [7, 11) is 1.53. The Morgan fingerprint density at radius 2 is 1.94 bits per heavy atom. The van der Waals surface area contributed by atoms with Crippen molar-refractivity contribution in [1.82, 2.24) is 4.90 Å². The molecule has 0 aliphatic carbocycles. The second-order valence-electron chi connectivity index (χ2n) is 7.60. The van der Waals surface area contributed by atoms with Crippen molar-refractivity contribution in [2.24, 2.45) is 0 Å². The van der Waals surface area contributed by atoms with E-state index >= 15 is 0 Å². The van der Waals surface area contributed by atoms with Gasteiger partial charge in [0.05, 0.1) is 18.6 Å². The van der Waals surface area contributed by atoms with Gasteiger partial charge < -0.3 is 14.2 Å². The van der Waals surface area contributed by atoms with Gasteiger partial charge >= 0.3 is 5.97 Å². The third kappa shape index (κ3) is 6.26. The molecule has 1 aliphatic rings. The predicted molar refractivity (Wildman–Crippen MR) is 137 cm³/mol. The van der Waals surface area contributed by atoms with Crippen LogP contribution in [0.15, 0.2) is 54.0 Å². The maximum absolute atomic E-state index is 12.9. The molecular weight excluding hydrogens is 490 g/mol. The topological polar surface area (TPSA) is 82.1 Å². The van der Waals surface area contributed by atoms with Gasteiger partial charge in [-0.1, -0.05) is 29.8 Å². The fraction of sp³-hybridized carbons (Fsp3) is 0.269. The van der Waals surface area contributed by atoms with Crippen LogP contribution in [0.5, 0.6) is 11.5 Å². The molecule has 1 saturated heterocycles. The Morgan fingerprint density at radius 1 is 1.23 bits per heavy atom. The molecule has 0 spiro atoms. The van der Waals surface area contributed by atoms with E-state index in [2.05, 4.69) is 6.58 Å². The molecule has 0 radical (unpaired) electrons. The van der Waals surface area contributed by atoms with Crippen LogP contribution in [0, 0.1) is 0 Å². The molecule has 0 bridgehead atoms. The monoisotopic (exact) mass is 515 g/mol. The van der Waals surface area contributed by atoms with Gasteiger partial charge in [-0.15, -0.1) is 6.58 Å². The molecule has 7 nitrogen and oxygen atoms in total. The molecule has 184 valence electrons.